The first kappa shape index (κ1) is 14.5. The number of benzene rings is 1. The first-order chi connectivity index (χ1) is 10.6. The summed E-state index contributed by atoms with van der Waals surface area (Å²) in [6, 6.07) is 12.6. The van der Waals surface area contributed by atoms with Gasteiger partial charge in [-0.1, -0.05) is 29.8 Å². The first-order valence-electron chi connectivity index (χ1n) is 6.91. The van der Waals surface area contributed by atoms with Crippen molar-refractivity contribution in [2.45, 2.75) is 6.42 Å². The Balaban J connectivity index is 1.67. The molecule has 0 spiro atoms. The van der Waals surface area contributed by atoms with Crippen LogP contribution in [0.25, 0.3) is 0 Å². The lowest BCUT2D eigenvalue weighted by Gasteiger charge is -2.16. The summed E-state index contributed by atoms with van der Waals surface area (Å²) >= 11 is 5.75. The predicted octanol–water partition coefficient (Wildman–Crippen LogP) is 2.73. The van der Waals surface area contributed by atoms with E-state index in [2.05, 4.69) is 10.3 Å². The Morgan fingerprint density at radius 3 is 2.68 bits per heavy atom. The van der Waals surface area contributed by atoms with Crippen LogP contribution in [0, 0.1) is 5.92 Å². The van der Waals surface area contributed by atoms with Crippen molar-refractivity contribution in [1.82, 2.24) is 4.98 Å². The maximum absolute atomic E-state index is 12.3. The second-order valence-electron chi connectivity index (χ2n) is 5.09. The maximum atomic E-state index is 12.3. The van der Waals surface area contributed by atoms with Gasteiger partial charge >= 0.3 is 0 Å². The molecule has 112 valence electrons. The number of aromatic nitrogens is 1. The number of anilines is 2. The molecule has 0 aliphatic carbocycles. The molecule has 2 amide bonds. The van der Waals surface area contributed by atoms with Crippen LogP contribution in [0.4, 0.5) is 11.5 Å². The minimum Gasteiger partial charge on any atom is -0.312 e. The van der Waals surface area contributed by atoms with Crippen molar-refractivity contribution < 1.29 is 9.59 Å². The highest BCUT2D eigenvalue weighted by molar-refractivity contribution is 6.30. The molecular weight excluding hydrogens is 302 g/mol. The van der Waals surface area contributed by atoms with Gasteiger partial charge in [0, 0.05) is 24.8 Å². The Morgan fingerprint density at radius 2 is 2.00 bits per heavy atom. The van der Waals surface area contributed by atoms with E-state index in [-0.39, 0.29) is 24.2 Å². The largest absolute Gasteiger partial charge is 0.312 e. The Hall–Kier alpha value is -2.40. The highest BCUT2D eigenvalue weighted by Gasteiger charge is 2.35. The average molecular weight is 316 g/mol. The monoisotopic (exact) mass is 315 g/mol. The van der Waals surface area contributed by atoms with Crippen LogP contribution >= 0.6 is 11.6 Å². The van der Waals surface area contributed by atoms with Gasteiger partial charge in [-0.15, -0.1) is 0 Å². The highest BCUT2D eigenvalue weighted by atomic mass is 35.5. The second kappa shape index (κ2) is 6.15. The minimum atomic E-state index is -0.384. The molecule has 1 aliphatic heterocycles. The molecule has 2 heterocycles. The van der Waals surface area contributed by atoms with Gasteiger partial charge in [0.1, 0.15) is 5.82 Å². The van der Waals surface area contributed by atoms with E-state index in [0.717, 1.165) is 5.69 Å². The zero-order chi connectivity index (χ0) is 15.5. The normalized spacial score (nSPS) is 17.6. The highest BCUT2D eigenvalue weighted by Crippen LogP contribution is 2.25. The van der Waals surface area contributed by atoms with Gasteiger partial charge in [0.05, 0.1) is 10.9 Å². The van der Waals surface area contributed by atoms with Gasteiger partial charge in [-0.2, -0.15) is 0 Å². The molecule has 1 aromatic heterocycles. The number of halogens is 1. The maximum Gasteiger partial charge on any atom is 0.230 e. The van der Waals surface area contributed by atoms with Gasteiger partial charge in [0.2, 0.25) is 11.8 Å². The van der Waals surface area contributed by atoms with E-state index in [9.17, 15) is 9.59 Å². The Labute approximate surface area is 132 Å². The fraction of sp³-hybridized carbons (Fsp3) is 0.188. The number of carbonyl (C=O) groups excluding carboxylic acids is 2. The second-order valence-corrected chi connectivity index (χ2v) is 5.53. The Morgan fingerprint density at radius 1 is 1.23 bits per heavy atom. The third-order valence-corrected chi connectivity index (χ3v) is 3.77. The van der Waals surface area contributed by atoms with Crippen molar-refractivity contribution in [3.63, 3.8) is 0 Å². The van der Waals surface area contributed by atoms with Gasteiger partial charge in [0.15, 0.2) is 0 Å². The number of pyridine rings is 1. The van der Waals surface area contributed by atoms with E-state index in [1.807, 2.05) is 30.3 Å². The van der Waals surface area contributed by atoms with E-state index < -0.39 is 0 Å². The number of nitrogens with one attached hydrogen (secondary N) is 1. The molecule has 1 saturated heterocycles. The number of hydrogen-bond acceptors (Lipinski definition) is 3. The summed E-state index contributed by atoms with van der Waals surface area (Å²) in [6.45, 7) is 0.377. The predicted molar refractivity (Wildman–Crippen MR) is 84.8 cm³/mol. The van der Waals surface area contributed by atoms with Gasteiger partial charge < -0.3 is 10.2 Å². The van der Waals surface area contributed by atoms with E-state index in [1.54, 1.807) is 17.0 Å². The van der Waals surface area contributed by atoms with Crippen molar-refractivity contribution in [3.8, 4) is 0 Å². The SMILES string of the molecule is O=C(Nc1ccc(Cl)cn1)[C@@H]1CC(=O)N(c2ccccc2)C1. The van der Waals surface area contributed by atoms with Crippen LogP contribution in [0.5, 0.6) is 0 Å². The van der Waals surface area contributed by atoms with E-state index in [0.29, 0.717) is 17.4 Å². The molecule has 0 saturated carbocycles. The lowest BCUT2D eigenvalue weighted by Crippen LogP contribution is -2.28. The zero-order valence-corrected chi connectivity index (χ0v) is 12.5. The number of carbonyl (C=O) groups is 2. The van der Waals surface area contributed by atoms with E-state index in [1.165, 1.54) is 6.20 Å². The van der Waals surface area contributed by atoms with Crippen molar-refractivity contribution in [3.05, 3.63) is 53.7 Å². The summed E-state index contributed by atoms with van der Waals surface area (Å²) < 4.78 is 0. The number of nitrogens with zero attached hydrogens (tertiary/aromatic N) is 2. The fourth-order valence-corrected chi connectivity index (χ4v) is 2.53. The van der Waals surface area contributed by atoms with E-state index >= 15 is 0 Å². The molecule has 2 aromatic rings. The van der Waals surface area contributed by atoms with Gasteiger partial charge in [0.25, 0.3) is 0 Å². The Kier molecular flexibility index (Phi) is 4.06. The summed E-state index contributed by atoms with van der Waals surface area (Å²) in [5, 5.41) is 3.22. The van der Waals surface area contributed by atoms with Crippen LogP contribution in [0.1, 0.15) is 6.42 Å². The van der Waals surface area contributed by atoms with Gasteiger partial charge in [-0.25, -0.2) is 4.98 Å². The molecule has 0 radical (unpaired) electrons. The van der Waals surface area contributed by atoms with E-state index in [4.69, 9.17) is 11.6 Å². The molecule has 0 unspecified atom stereocenters. The number of para-hydroxylation sites is 1. The molecule has 1 aromatic carbocycles. The fourth-order valence-electron chi connectivity index (χ4n) is 2.42. The Bertz CT molecular complexity index is 688. The molecule has 1 fully saturated rings. The molecular formula is C16H14ClN3O2. The molecule has 3 rings (SSSR count). The standard InChI is InChI=1S/C16H14ClN3O2/c17-12-6-7-14(18-9-12)19-16(22)11-8-15(21)20(10-11)13-4-2-1-3-5-13/h1-7,9,11H,8,10H2,(H,18,19,22)/t11-/m1/s1. The van der Waals surface area contributed by atoms with Crippen LogP contribution in [-0.2, 0) is 9.59 Å². The molecule has 1 N–H and O–H groups in total. The third-order valence-electron chi connectivity index (χ3n) is 3.54. The summed E-state index contributed by atoms with van der Waals surface area (Å²) in [6.07, 6.45) is 1.67. The molecule has 1 atom stereocenters. The van der Waals surface area contributed by atoms with Crippen molar-refractivity contribution in [2.24, 2.45) is 5.92 Å². The zero-order valence-electron chi connectivity index (χ0n) is 11.7. The van der Waals surface area contributed by atoms with Crippen LogP contribution in [0.2, 0.25) is 5.02 Å². The first-order valence-corrected chi connectivity index (χ1v) is 7.29. The topological polar surface area (TPSA) is 62.3 Å². The smallest absolute Gasteiger partial charge is 0.230 e. The third kappa shape index (κ3) is 3.09. The van der Waals surface area contributed by atoms with Crippen LogP contribution in [0.15, 0.2) is 48.7 Å². The number of rotatable bonds is 3. The molecule has 1 aliphatic rings. The summed E-state index contributed by atoms with van der Waals surface area (Å²) in [5.74, 6) is -0.206. The summed E-state index contributed by atoms with van der Waals surface area (Å²) in [4.78, 5) is 30.0. The number of amides is 2. The quantitative estimate of drug-likeness (QED) is 0.947. The molecule has 6 heteroatoms. The average Bonchev–Trinajstić information content (AvgIpc) is 2.92. The van der Waals surface area contributed by atoms with Crippen molar-refractivity contribution >= 4 is 34.9 Å². The molecule has 22 heavy (non-hydrogen) atoms. The van der Waals surface area contributed by atoms with Crippen molar-refractivity contribution in [1.29, 1.82) is 0 Å². The minimum absolute atomic E-state index is 0.0459. The van der Waals surface area contributed by atoms with Gasteiger partial charge in [-0.05, 0) is 24.3 Å². The van der Waals surface area contributed by atoms with Crippen LogP contribution in [-0.4, -0.2) is 23.3 Å². The van der Waals surface area contributed by atoms with Crippen LogP contribution in [0.3, 0.4) is 0 Å². The summed E-state index contributed by atoms with van der Waals surface area (Å²) in [5.41, 5.74) is 0.812. The summed E-state index contributed by atoms with van der Waals surface area (Å²) in [7, 11) is 0. The lowest BCUT2D eigenvalue weighted by atomic mass is 10.1. The van der Waals surface area contributed by atoms with Crippen molar-refractivity contribution in [2.75, 3.05) is 16.8 Å². The lowest BCUT2D eigenvalue weighted by molar-refractivity contribution is -0.122. The molecule has 5 nitrogen and oxygen atoms in total. The van der Waals surface area contributed by atoms with Crippen LogP contribution < -0.4 is 10.2 Å². The number of hydrogen-bond donors (Lipinski definition) is 1. The molecule has 0 bridgehead atoms. The van der Waals surface area contributed by atoms with Gasteiger partial charge in [-0.3, -0.25) is 9.59 Å².